The predicted molar refractivity (Wildman–Crippen MR) is 56.4 cm³/mol. The molecule has 1 nitrogen and oxygen atoms in total. The number of hydrogen-bond acceptors (Lipinski definition) is 1. The molecule has 1 rings (SSSR count). The second-order valence-electron chi connectivity index (χ2n) is 4.09. The normalized spacial score (nSPS) is 25.1. The van der Waals surface area contributed by atoms with Crippen molar-refractivity contribution in [3.8, 4) is 0 Å². The Labute approximate surface area is 70.8 Å². The molecule has 0 aromatic heterocycles. The highest BCUT2D eigenvalue weighted by molar-refractivity contribution is 7.75. The molecule has 1 aliphatic heterocycles. The minimum absolute atomic E-state index is 0.598. The molecular weight excluding hydrogens is 153 g/mol. The van der Waals surface area contributed by atoms with Crippen LogP contribution in [0.4, 0.5) is 0 Å². The second kappa shape index (κ2) is 3.33. The van der Waals surface area contributed by atoms with Crippen LogP contribution in [-0.2, 0) is 0 Å². The van der Waals surface area contributed by atoms with Gasteiger partial charge in [0.25, 0.3) is 0 Å². The Bertz CT molecular complexity index is 180. The van der Waals surface area contributed by atoms with E-state index < -0.39 is 6.89 Å². The first-order valence-corrected chi connectivity index (χ1v) is 6.99. The highest BCUT2D eigenvalue weighted by atomic mass is 31.2. The van der Waals surface area contributed by atoms with Gasteiger partial charge in [-0.15, -0.1) is 6.89 Å². The lowest BCUT2D eigenvalue weighted by molar-refractivity contribution is 0.368. The zero-order valence-corrected chi connectivity index (χ0v) is 9.12. The molecule has 2 heteroatoms. The summed E-state index contributed by atoms with van der Waals surface area (Å²) in [4.78, 5) is 2.45. The maximum absolute atomic E-state index is 2.51. The van der Waals surface area contributed by atoms with Crippen molar-refractivity contribution in [2.24, 2.45) is 0 Å². The largest absolute Gasteiger partial charge is 0.306 e. The van der Waals surface area contributed by atoms with Crippen LogP contribution in [0.5, 0.6) is 0 Å². The lowest BCUT2D eigenvalue weighted by Crippen LogP contribution is -2.32. The van der Waals surface area contributed by atoms with E-state index in [1.807, 2.05) is 0 Å². The van der Waals surface area contributed by atoms with Crippen molar-refractivity contribution in [2.45, 2.75) is 13.8 Å². The first kappa shape index (κ1) is 9.35. The van der Waals surface area contributed by atoms with E-state index in [4.69, 9.17) is 0 Å². The molecule has 0 unspecified atom stereocenters. The Hall–Kier alpha value is 0.260. The zero-order valence-electron chi connectivity index (χ0n) is 8.22. The quantitative estimate of drug-likeness (QED) is 0.505. The number of rotatable bonds is 0. The smallest absolute Gasteiger partial charge is 0.00174 e. The molecule has 0 atom stereocenters. The fourth-order valence-electron chi connectivity index (χ4n) is 1.45. The monoisotopic (exact) mass is 173 g/mol. The molecule has 0 radical (unpaired) electrons. The summed E-state index contributed by atoms with van der Waals surface area (Å²) in [5, 5.41) is 1.71. The third-order valence-electron chi connectivity index (χ3n) is 3.03. The Kier molecular flexibility index (Phi) is 2.83. The molecule has 0 aromatic rings. The Morgan fingerprint density at radius 2 is 1.64 bits per heavy atom. The molecule has 0 bridgehead atoms. The van der Waals surface area contributed by atoms with Crippen molar-refractivity contribution in [1.82, 2.24) is 4.90 Å². The summed E-state index contributed by atoms with van der Waals surface area (Å²) in [6.45, 7) is 9.18. The summed E-state index contributed by atoms with van der Waals surface area (Å²) in [5.74, 6) is 0. The third-order valence-corrected chi connectivity index (χ3v) is 7.56. The first-order chi connectivity index (χ1) is 5.04. The summed E-state index contributed by atoms with van der Waals surface area (Å²) in [7, 11) is 2.23. The van der Waals surface area contributed by atoms with Gasteiger partial charge in [0, 0.05) is 13.1 Å². The van der Waals surface area contributed by atoms with Crippen LogP contribution in [0.25, 0.3) is 0 Å². The van der Waals surface area contributed by atoms with Gasteiger partial charge in [0.1, 0.15) is 0 Å². The van der Waals surface area contributed by atoms with Gasteiger partial charge in [-0.2, -0.15) is 0 Å². The Morgan fingerprint density at radius 1 is 1.18 bits per heavy atom. The van der Waals surface area contributed by atoms with Gasteiger partial charge < -0.3 is 4.90 Å². The Morgan fingerprint density at radius 3 is 2.00 bits per heavy atom. The predicted octanol–water partition coefficient (Wildman–Crippen LogP) is 1.79. The molecule has 1 aliphatic rings. The van der Waals surface area contributed by atoms with Gasteiger partial charge in [-0.05, 0) is 39.9 Å². The molecular formula is C9H20NP. The maximum Gasteiger partial charge on any atom is 0.00174 e. The van der Waals surface area contributed by atoms with Crippen molar-refractivity contribution in [2.75, 3.05) is 39.1 Å². The fourth-order valence-corrected chi connectivity index (χ4v) is 4.14. The minimum atomic E-state index is -0.598. The highest BCUT2D eigenvalue weighted by Gasteiger charge is 2.19. The van der Waals surface area contributed by atoms with E-state index in [0.717, 1.165) is 0 Å². The van der Waals surface area contributed by atoms with E-state index >= 15 is 0 Å². The van der Waals surface area contributed by atoms with Crippen LogP contribution in [0, 0.1) is 0 Å². The lowest BCUT2D eigenvalue weighted by atomic mass is 10.5. The third kappa shape index (κ3) is 2.10. The van der Waals surface area contributed by atoms with E-state index in [9.17, 15) is 0 Å². The highest BCUT2D eigenvalue weighted by Crippen LogP contribution is 2.46. The summed E-state index contributed by atoms with van der Waals surface area (Å²) in [6.07, 6.45) is 2.90. The zero-order chi connectivity index (χ0) is 8.48. The molecule has 1 heterocycles. The molecule has 11 heavy (non-hydrogen) atoms. The van der Waals surface area contributed by atoms with Gasteiger partial charge in [0.15, 0.2) is 0 Å². The molecule has 0 aromatic carbocycles. The Balaban J connectivity index is 2.71. The molecule has 1 fully saturated rings. The summed E-state index contributed by atoms with van der Waals surface area (Å²) >= 11 is 0. The van der Waals surface area contributed by atoms with Gasteiger partial charge in [-0.3, -0.25) is 0 Å². The van der Waals surface area contributed by atoms with Crippen LogP contribution < -0.4 is 0 Å². The van der Waals surface area contributed by atoms with Crippen LogP contribution in [0.15, 0.2) is 0 Å². The van der Waals surface area contributed by atoms with Crippen LogP contribution >= 0.6 is 6.89 Å². The minimum Gasteiger partial charge on any atom is -0.306 e. The van der Waals surface area contributed by atoms with Crippen LogP contribution in [0.2, 0.25) is 0 Å². The standard InChI is InChI=1S/C9H20NP/c1-9(2)11(4)7-5-10(3)6-8-11/h5-8H2,1-4H3. The molecule has 0 saturated carbocycles. The van der Waals surface area contributed by atoms with Gasteiger partial charge in [-0.25, -0.2) is 0 Å². The van der Waals surface area contributed by atoms with Gasteiger partial charge in [0.05, 0.1) is 0 Å². The summed E-state index contributed by atoms with van der Waals surface area (Å²) in [5.41, 5.74) is 0. The van der Waals surface area contributed by atoms with Gasteiger partial charge >= 0.3 is 0 Å². The van der Waals surface area contributed by atoms with E-state index in [1.165, 1.54) is 25.4 Å². The van der Waals surface area contributed by atoms with Crippen LogP contribution in [-0.4, -0.2) is 49.3 Å². The van der Waals surface area contributed by atoms with Crippen molar-refractivity contribution in [1.29, 1.82) is 0 Å². The second-order valence-corrected chi connectivity index (χ2v) is 8.67. The average molecular weight is 173 g/mol. The fraction of sp³-hybridized carbons (Fsp3) is 0.889. The molecule has 0 amide bonds. The van der Waals surface area contributed by atoms with E-state index in [-0.39, 0.29) is 0 Å². The topological polar surface area (TPSA) is 3.24 Å². The molecule has 0 N–H and O–H groups in total. The van der Waals surface area contributed by atoms with E-state index in [0.29, 0.717) is 0 Å². The van der Waals surface area contributed by atoms with Crippen molar-refractivity contribution in [3.63, 3.8) is 0 Å². The lowest BCUT2D eigenvalue weighted by Gasteiger charge is -2.33. The number of hydrogen-bond donors (Lipinski definition) is 0. The number of nitrogens with zero attached hydrogens (tertiary/aromatic N) is 1. The first-order valence-electron chi connectivity index (χ1n) is 4.38. The SMILES string of the molecule is CC(C)=P1(C)CCN(C)CC1. The van der Waals surface area contributed by atoms with Crippen LogP contribution in [0.1, 0.15) is 13.8 Å². The summed E-state index contributed by atoms with van der Waals surface area (Å²) < 4.78 is 0. The van der Waals surface area contributed by atoms with E-state index in [1.54, 1.807) is 5.29 Å². The van der Waals surface area contributed by atoms with Crippen molar-refractivity contribution in [3.05, 3.63) is 0 Å². The molecule has 0 aliphatic carbocycles. The van der Waals surface area contributed by atoms with Gasteiger partial charge in [0.2, 0.25) is 0 Å². The van der Waals surface area contributed by atoms with Crippen molar-refractivity contribution >= 4 is 12.2 Å². The average Bonchev–Trinajstić information content (AvgIpc) is 1.95. The molecule has 1 saturated heterocycles. The van der Waals surface area contributed by atoms with Crippen LogP contribution in [0.3, 0.4) is 0 Å². The van der Waals surface area contributed by atoms with Gasteiger partial charge in [-0.1, -0.05) is 5.29 Å². The maximum atomic E-state index is 2.51. The molecule has 0 spiro atoms. The van der Waals surface area contributed by atoms with Crippen molar-refractivity contribution < 1.29 is 0 Å². The van der Waals surface area contributed by atoms with E-state index in [2.05, 4.69) is 32.5 Å². The summed E-state index contributed by atoms with van der Waals surface area (Å²) in [6, 6.07) is 0. The molecule has 66 valence electrons.